The van der Waals surface area contributed by atoms with Crippen LogP contribution in [0.25, 0.3) is 0 Å². The van der Waals surface area contributed by atoms with E-state index in [4.69, 9.17) is 4.74 Å². The Morgan fingerprint density at radius 3 is 2.14 bits per heavy atom. The van der Waals surface area contributed by atoms with E-state index in [9.17, 15) is 22.2 Å². The fraction of sp³-hybridized carbons (Fsp3) is 0.350. The van der Waals surface area contributed by atoms with Gasteiger partial charge in [-0.05, 0) is 63.6 Å². The van der Waals surface area contributed by atoms with Gasteiger partial charge in [0.1, 0.15) is 21.9 Å². The Bertz CT molecular complexity index is 985. The van der Waals surface area contributed by atoms with Gasteiger partial charge in [-0.2, -0.15) is 13.2 Å². The molecule has 28 heavy (non-hydrogen) atoms. The van der Waals surface area contributed by atoms with E-state index in [0.717, 1.165) is 17.7 Å². The quantitative estimate of drug-likeness (QED) is 0.644. The third-order valence-corrected chi connectivity index (χ3v) is 5.86. The average molecular weight is 413 g/mol. The Balaban J connectivity index is 2.60. The molecule has 0 fully saturated rings. The van der Waals surface area contributed by atoms with Gasteiger partial charge in [-0.3, -0.25) is 4.79 Å². The van der Waals surface area contributed by atoms with E-state index in [-0.39, 0.29) is 9.79 Å². The lowest BCUT2D eigenvalue weighted by Crippen LogP contribution is -2.25. The summed E-state index contributed by atoms with van der Waals surface area (Å²) in [6, 6.07) is 10.7. The Morgan fingerprint density at radius 1 is 1.04 bits per heavy atom. The van der Waals surface area contributed by atoms with Gasteiger partial charge in [0.25, 0.3) is 0 Å². The number of benzene rings is 2. The molecule has 0 saturated carbocycles. The number of carbonyl (C=O) groups excluding carboxylic acids is 1. The van der Waals surface area contributed by atoms with Gasteiger partial charge in [0.15, 0.2) is 0 Å². The summed E-state index contributed by atoms with van der Waals surface area (Å²) in [6.45, 7) is 6.25. The van der Waals surface area contributed by atoms with Crippen molar-refractivity contribution in [3.05, 3.63) is 59.7 Å². The Morgan fingerprint density at radius 2 is 1.61 bits per heavy atom. The highest BCUT2D eigenvalue weighted by molar-refractivity contribution is 7.93. The van der Waals surface area contributed by atoms with E-state index in [2.05, 4.69) is 4.36 Å². The Labute approximate surface area is 162 Å². The molecule has 0 spiro atoms. The predicted molar refractivity (Wildman–Crippen MR) is 100 cm³/mol. The molecule has 0 bridgehead atoms. The van der Waals surface area contributed by atoms with Crippen LogP contribution in [0.2, 0.25) is 0 Å². The number of carbonyl (C=O) groups is 1. The Hall–Kier alpha value is -2.35. The SMILES string of the molecule is Cc1cccc(S(=O)(=NCC(=O)OC(C)(C)C)c2cccc(C(F)(F)F)c2)c1. The van der Waals surface area contributed by atoms with Crippen LogP contribution < -0.4 is 0 Å². The molecule has 0 heterocycles. The van der Waals surface area contributed by atoms with Crippen LogP contribution in [0.3, 0.4) is 0 Å². The molecule has 0 aliphatic rings. The molecule has 0 aliphatic heterocycles. The summed E-state index contributed by atoms with van der Waals surface area (Å²) in [5, 5.41) is 0. The van der Waals surface area contributed by atoms with Crippen molar-refractivity contribution in [3.63, 3.8) is 0 Å². The fourth-order valence-electron chi connectivity index (χ4n) is 2.43. The summed E-state index contributed by atoms with van der Waals surface area (Å²) < 4.78 is 62.3. The second-order valence-corrected chi connectivity index (χ2v) is 9.49. The van der Waals surface area contributed by atoms with Gasteiger partial charge in [0.05, 0.1) is 15.4 Å². The molecule has 0 radical (unpaired) electrons. The second-order valence-electron chi connectivity index (χ2n) is 7.24. The topological polar surface area (TPSA) is 55.7 Å². The van der Waals surface area contributed by atoms with Crippen LogP contribution in [0.5, 0.6) is 0 Å². The van der Waals surface area contributed by atoms with Gasteiger partial charge in [-0.15, -0.1) is 0 Å². The van der Waals surface area contributed by atoms with E-state index in [0.29, 0.717) is 0 Å². The molecule has 4 nitrogen and oxygen atoms in total. The molecule has 0 saturated heterocycles. The van der Waals surface area contributed by atoms with Crippen LogP contribution in [-0.4, -0.2) is 22.3 Å². The third-order valence-electron chi connectivity index (χ3n) is 3.59. The maximum Gasteiger partial charge on any atom is 0.416 e. The lowest BCUT2D eigenvalue weighted by atomic mass is 10.2. The molecule has 0 N–H and O–H groups in total. The maximum atomic E-state index is 13.7. The molecule has 1 atom stereocenters. The van der Waals surface area contributed by atoms with Crippen LogP contribution in [0.15, 0.2) is 62.7 Å². The minimum Gasteiger partial charge on any atom is -0.459 e. The van der Waals surface area contributed by atoms with E-state index >= 15 is 0 Å². The number of halogens is 3. The van der Waals surface area contributed by atoms with Crippen molar-refractivity contribution in [2.45, 2.75) is 49.3 Å². The molecule has 8 heteroatoms. The zero-order valence-electron chi connectivity index (χ0n) is 16.0. The van der Waals surface area contributed by atoms with Gasteiger partial charge in [-0.1, -0.05) is 18.2 Å². The highest BCUT2D eigenvalue weighted by atomic mass is 32.2. The number of hydrogen-bond acceptors (Lipinski definition) is 4. The van der Waals surface area contributed by atoms with E-state index in [1.54, 1.807) is 45.9 Å². The first-order chi connectivity index (χ1) is 12.8. The van der Waals surface area contributed by atoms with Crippen molar-refractivity contribution >= 4 is 15.7 Å². The van der Waals surface area contributed by atoms with E-state index in [1.165, 1.54) is 18.2 Å². The summed E-state index contributed by atoms with van der Waals surface area (Å²) >= 11 is 0. The zero-order chi connectivity index (χ0) is 21.2. The first-order valence-electron chi connectivity index (χ1n) is 8.50. The summed E-state index contributed by atoms with van der Waals surface area (Å²) in [6.07, 6.45) is -4.59. The van der Waals surface area contributed by atoms with Crippen LogP contribution >= 0.6 is 0 Å². The van der Waals surface area contributed by atoms with Crippen LogP contribution in [0, 0.1) is 6.92 Å². The molecule has 0 amide bonds. The lowest BCUT2D eigenvalue weighted by molar-refractivity contribution is -0.152. The smallest absolute Gasteiger partial charge is 0.416 e. The first kappa shape index (κ1) is 21.9. The summed E-state index contributed by atoms with van der Waals surface area (Å²) in [5.74, 6) is -0.708. The van der Waals surface area contributed by atoms with Gasteiger partial charge >= 0.3 is 12.1 Å². The molecule has 2 rings (SSSR count). The largest absolute Gasteiger partial charge is 0.459 e. The van der Waals surface area contributed by atoms with Crippen LogP contribution in [0.1, 0.15) is 31.9 Å². The maximum absolute atomic E-state index is 13.7. The molecule has 152 valence electrons. The van der Waals surface area contributed by atoms with Crippen molar-refractivity contribution in [3.8, 4) is 0 Å². The molecule has 0 aromatic heterocycles. The zero-order valence-corrected chi connectivity index (χ0v) is 16.9. The van der Waals surface area contributed by atoms with Crippen LogP contribution in [0.4, 0.5) is 13.2 Å². The number of ether oxygens (including phenoxy) is 1. The van der Waals surface area contributed by atoms with Crippen molar-refractivity contribution in [2.24, 2.45) is 4.36 Å². The normalized spacial score (nSPS) is 14.2. The predicted octanol–water partition coefficient (Wildman–Crippen LogP) is 5.24. The van der Waals surface area contributed by atoms with Crippen molar-refractivity contribution < 1.29 is 26.9 Å². The lowest BCUT2D eigenvalue weighted by Gasteiger charge is -2.19. The number of alkyl halides is 3. The molecular weight excluding hydrogens is 391 g/mol. The summed E-state index contributed by atoms with van der Waals surface area (Å²) in [5.41, 5.74) is -0.921. The monoisotopic (exact) mass is 413 g/mol. The van der Waals surface area contributed by atoms with E-state index in [1.807, 2.05) is 0 Å². The molecule has 2 aromatic carbocycles. The minimum absolute atomic E-state index is 0.114. The van der Waals surface area contributed by atoms with Gasteiger partial charge < -0.3 is 4.74 Å². The van der Waals surface area contributed by atoms with Crippen molar-refractivity contribution in [1.82, 2.24) is 0 Å². The van der Waals surface area contributed by atoms with E-state index < -0.39 is 39.6 Å². The van der Waals surface area contributed by atoms with Gasteiger partial charge in [0, 0.05) is 0 Å². The number of hydrogen-bond donors (Lipinski definition) is 0. The van der Waals surface area contributed by atoms with Crippen molar-refractivity contribution in [2.75, 3.05) is 6.54 Å². The summed E-state index contributed by atoms with van der Waals surface area (Å²) in [4.78, 5) is 12.2. The first-order valence-corrected chi connectivity index (χ1v) is 10.0. The molecular formula is C20H22F3NO3S. The van der Waals surface area contributed by atoms with Crippen LogP contribution in [-0.2, 0) is 25.4 Å². The standard InChI is InChI=1S/C20H22F3NO3S/c1-14-7-5-9-16(11-14)28(26,24-13-18(25)27-19(2,3)4)17-10-6-8-15(12-17)20(21,22)23/h5-12H,13H2,1-4H3. The van der Waals surface area contributed by atoms with Gasteiger partial charge in [0.2, 0.25) is 0 Å². The molecule has 1 unspecified atom stereocenters. The molecule has 0 aliphatic carbocycles. The number of aryl methyl sites for hydroxylation is 1. The van der Waals surface area contributed by atoms with Crippen molar-refractivity contribution in [1.29, 1.82) is 0 Å². The number of esters is 1. The minimum atomic E-state index is -4.59. The Kier molecular flexibility index (Phi) is 6.23. The number of rotatable bonds is 4. The third kappa shape index (κ3) is 5.58. The number of nitrogens with zero attached hydrogens (tertiary/aromatic N) is 1. The average Bonchev–Trinajstić information content (AvgIpc) is 2.57. The van der Waals surface area contributed by atoms with Gasteiger partial charge in [-0.25, -0.2) is 8.57 Å². The summed E-state index contributed by atoms with van der Waals surface area (Å²) in [7, 11) is -3.48. The second kappa shape index (κ2) is 7.95. The molecule has 2 aromatic rings. The highest BCUT2D eigenvalue weighted by Gasteiger charge is 2.31. The highest BCUT2D eigenvalue weighted by Crippen LogP contribution is 2.33. The fourth-order valence-corrected chi connectivity index (χ4v) is 4.45.